The molecule has 2 aromatic rings. The van der Waals surface area contributed by atoms with E-state index >= 15 is 0 Å². The van der Waals surface area contributed by atoms with E-state index in [-0.39, 0.29) is 0 Å². The molecule has 0 unspecified atom stereocenters. The zero-order valence-corrected chi connectivity index (χ0v) is 11.8. The van der Waals surface area contributed by atoms with E-state index in [4.69, 9.17) is 0 Å². The van der Waals surface area contributed by atoms with E-state index in [0.29, 0.717) is 18.3 Å². The number of nitrogens with one attached hydrogen (secondary N) is 1. The first-order valence-electron chi connectivity index (χ1n) is 6.58. The SMILES string of the molecule is CC(C)c1cc(NCc2ccc(C(F)(F)F)cc2)ncn1. The van der Waals surface area contributed by atoms with Crippen molar-refractivity contribution in [3.05, 3.63) is 53.5 Å². The molecule has 0 atom stereocenters. The van der Waals surface area contributed by atoms with Crippen LogP contribution in [0.3, 0.4) is 0 Å². The molecule has 1 N–H and O–H groups in total. The number of hydrogen-bond acceptors (Lipinski definition) is 3. The van der Waals surface area contributed by atoms with Gasteiger partial charge in [-0.25, -0.2) is 9.97 Å². The van der Waals surface area contributed by atoms with Crippen molar-refractivity contribution < 1.29 is 13.2 Å². The van der Waals surface area contributed by atoms with Crippen molar-refractivity contribution in [3.63, 3.8) is 0 Å². The molecular formula is C15H16F3N3. The molecule has 2 rings (SSSR count). The summed E-state index contributed by atoms with van der Waals surface area (Å²) in [5.41, 5.74) is 1.03. The van der Waals surface area contributed by atoms with Crippen LogP contribution in [0.2, 0.25) is 0 Å². The minimum atomic E-state index is -4.30. The lowest BCUT2D eigenvalue weighted by Gasteiger charge is -2.10. The Morgan fingerprint density at radius 1 is 1.10 bits per heavy atom. The van der Waals surface area contributed by atoms with Gasteiger partial charge in [-0.15, -0.1) is 0 Å². The Bertz CT molecular complexity index is 592. The predicted octanol–water partition coefficient (Wildman–Crippen LogP) is 4.23. The highest BCUT2D eigenvalue weighted by Crippen LogP contribution is 2.29. The number of anilines is 1. The highest BCUT2D eigenvalue weighted by molar-refractivity contribution is 5.37. The van der Waals surface area contributed by atoms with Gasteiger partial charge in [0.15, 0.2) is 0 Å². The lowest BCUT2D eigenvalue weighted by atomic mass is 10.1. The summed E-state index contributed by atoms with van der Waals surface area (Å²) >= 11 is 0. The van der Waals surface area contributed by atoms with E-state index in [2.05, 4.69) is 15.3 Å². The quantitative estimate of drug-likeness (QED) is 0.917. The van der Waals surface area contributed by atoms with Crippen molar-refractivity contribution in [3.8, 4) is 0 Å². The van der Waals surface area contributed by atoms with E-state index in [9.17, 15) is 13.2 Å². The van der Waals surface area contributed by atoms with Crippen LogP contribution in [0.15, 0.2) is 36.7 Å². The third-order valence-corrected chi connectivity index (χ3v) is 3.03. The van der Waals surface area contributed by atoms with E-state index in [1.165, 1.54) is 18.5 Å². The molecule has 3 nitrogen and oxygen atoms in total. The molecular weight excluding hydrogens is 279 g/mol. The molecule has 0 radical (unpaired) electrons. The fourth-order valence-electron chi connectivity index (χ4n) is 1.79. The van der Waals surface area contributed by atoms with Crippen LogP contribution in [0.1, 0.15) is 36.6 Å². The van der Waals surface area contributed by atoms with Gasteiger partial charge >= 0.3 is 6.18 Å². The summed E-state index contributed by atoms with van der Waals surface area (Å²) in [6.07, 6.45) is -2.82. The van der Waals surface area contributed by atoms with E-state index in [1.54, 1.807) is 0 Å². The monoisotopic (exact) mass is 295 g/mol. The number of alkyl halides is 3. The summed E-state index contributed by atoms with van der Waals surface area (Å²) in [5, 5.41) is 3.08. The van der Waals surface area contributed by atoms with Crippen LogP contribution in [0.5, 0.6) is 0 Å². The van der Waals surface area contributed by atoms with Gasteiger partial charge in [-0.1, -0.05) is 26.0 Å². The highest BCUT2D eigenvalue weighted by Gasteiger charge is 2.29. The summed E-state index contributed by atoms with van der Waals surface area (Å²) in [6, 6.07) is 6.92. The average Bonchev–Trinajstić information content (AvgIpc) is 2.45. The Morgan fingerprint density at radius 2 is 1.76 bits per heavy atom. The molecule has 112 valence electrons. The van der Waals surface area contributed by atoms with Gasteiger partial charge < -0.3 is 5.32 Å². The minimum absolute atomic E-state index is 0.291. The molecule has 1 heterocycles. The predicted molar refractivity (Wildman–Crippen MR) is 74.9 cm³/mol. The number of aromatic nitrogens is 2. The number of halogens is 3. The van der Waals surface area contributed by atoms with Gasteiger partial charge in [-0.3, -0.25) is 0 Å². The second kappa shape index (κ2) is 6.11. The molecule has 0 aliphatic heterocycles. The first-order valence-corrected chi connectivity index (χ1v) is 6.58. The zero-order chi connectivity index (χ0) is 15.5. The van der Waals surface area contributed by atoms with Crippen LogP contribution in [0.4, 0.5) is 19.0 Å². The molecule has 0 fully saturated rings. The second-order valence-electron chi connectivity index (χ2n) is 5.03. The summed E-state index contributed by atoms with van der Waals surface area (Å²) in [7, 11) is 0. The maximum absolute atomic E-state index is 12.5. The first kappa shape index (κ1) is 15.3. The lowest BCUT2D eigenvalue weighted by molar-refractivity contribution is -0.137. The van der Waals surface area contributed by atoms with Gasteiger partial charge in [0.05, 0.1) is 5.56 Å². The standard InChI is InChI=1S/C15H16F3N3/c1-10(2)13-7-14(21-9-20-13)19-8-11-3-5-12(6-4-11)15(16,17)18/h3-7,9-10H,8H2,1-2H3,(H,19,20,21). The Kier molecular flexibility index (Phi) is 4.45. The second-order valence-corrected chi connectivity index (χ2v) is 5.03. The maximum Gasteiger partial charge on any atom is 0.416 e. The Hall–Kier alpha value is -2.11. The van der Waals surface area contributed by atoms with Crippen LogP contribution in [-0.4, -0.2) is 9.97 Å². The van der Waals surface area contributed by atoms with Gasteiger partial charge in [0.1, 0.15) is 12.1 Å². The van der Waals surface area contributed by atoms with Gasteiger partial charge in [-0.05, 0) is 23.6 Å². The van der Waals surface area contributed by atoms with Crippen molar-refractivity contribution in [2.24, 2.45) is 0 Å². The molecule has 1 aromatic carbocycles. The smallest absolute Gasteiger partial charge is 0.366 e. The summed E-state index contributed by atoms with van der Waals surface area (Å²) in [6.45, 7) is 4.47. The van der Waals surface area contributed by atoms with Crippen LogP contribution in [0, 0.1) is 0 Å². The lowest BCUT2D eigenvalue weighted by Crippen LogP contribution is -2.06. The van der Waals surface area contributed by atoms with Crippen molar-refractivity contribution in [2.75, 3.05) is 5.32 Å². The van der Waals surface area contributed by atoms with Crippen molar-refractivity contribution in [1.82, 2.24) is 9.97 Å². The van der Waals surface area contributed by atoms with E-state index < -0.39 is 11.7 Å². The molecule has 0 saturated heterocycles. The Labute approximate surface area is 121 Å². The molecule has 0 bridgehead atoms. The van der Waals surface area contributed by atoms with Crippen LogP contribution in [-0.2, 0) is 12.7 Å². The highest BCUT2D eigenvalue weighted by atomic mass is 19.4. The number of rotatable bonds is 4. The van der Waals surface area contributed by atoms with Crippen LogP contribution < -0.4 is 5.32 Å². The molecule has 0 spiro atoms. The van der Waals surface area contributed by atoms with Gasteiger partial charge in [0, 0.05) is 18.3 Å². The largest absolute Gasteiger partial charge is 0.416 e. The van der Waals surface area contributed by atoms with E-state index in [1.807, 2.05) is 19.9 Å². The third-order valence-electron chi connectivity index (χ3n) is 3.03. The Morgan fingerprint density at radius 3 is 2.33 bits per heavy atom. The molecule has 0 aliphatic carbocycles. The number of nitrogens with zero attached hydrogens (tertiary/aromatic N) is 2. The molecule has 0 saturated carbocycles. The Balaban J connectivity index is 2.01. The normalized spacial score (nSPS) is 11.7. The summed E-state index contributed by atoms with van der Waals surface area (Å²) < 4.78 is 37.4. The average molecular weight is 295 g/mol. The number of hydrogen-bond donors (Lipinski definition) is 1. The molecule has 21 heavy (non-hydrogen) atoms. The van der Waals surface area contributed by atoms with Gasteiger partial charge in [0.25, 0.3) is 0 Å². The van der Waals surface area contributed by atoms with Crippen LogP contribution in [0.25, 0.3) is 0 Å². The number of benzene rings is 1. The van der Waals surface area contributed by atoms with Gasteiger partial charge in [0.2, 0.25) is 0 Å². The first-order chi connectivity index (χ1) is 9.86. The topological polar surface area (TPSA) is 37.8 Å². The fourth-order valence-corrected chi connectivity index (χ4v) is 1.79. The zero-order valence-electron chi connectivity index (χ0n) is 11.8. The fraction of sp³-hybridized carbons (Fsp3) is 0.333. The van der Waals surface area contributed by atoms with Crippen molar-refractivity contribution >= 4 is 5.82 Å². The van der Waals surface area contributed by atoms with Crippen molar-refractivity contribution in [2.45, 2.75) is 32.5 Å². The van der Waals surface area contributed by atoms with Crippen molar-refractivity contribution in [1.29, 1.82) is 0 Å². The maximum atomic E-state index is 12.5. The van der Waals surface area contributed by atoms with Gasteiger partial charge in [-0.2, -0.15) is 13.2 Å². The minimum Gasteiger partial charge on any atom is -0.366 e. The molecule has 0 aliphatic rings. The summed E-state index contributed by atoms with van der Waals surface area (Å²) in [4.78, 5) is 8.25. The molecule has 0 amide bonds. The van der Waals surface area contributed by atoms with Crippen LogP contribution >= 0.6 is 0 Å². The van der Waals surface area contributed by atoms with E-state index in [0.717, 1.165) is 23.4 Å². The summed E-state index contributed by atoms with van der Waals surface area (Å²) in [5.74, 6) is 0.952. The third kappa shape index (κ3) is 4.18. The molecule has 6 heteroatoms. The molecule has 1 aromatic heterocycles.